The fourth-order valence-electron chi connectivity index (χ4n) is 2.24. The predicted octanol–water partition coefficient (Wildman–Crippen LogP) is 3.22. The zero-order chi connectivity index (χ0) is 16.2. The Kier molecular flexibility index (Phi) is 6.84. The Labute approximate surface area is 133 Å². The van der Waals surface area contributed by atoms with Crippen LogP contribution in [0.2, 0.25) is 0 Å². The fourth-order valence-corrected chi connectivity index (χ4v) is 5.36. The van der Waals surface area contributed by atoms with Crippen molar-refractivity contribution >= 4 is 21.4 Å². The lowest BCUT2D eigenvalue weighted by Crippen LogP contribution is -2.35. The second kappa shape index (κ2) is 7.72. The van der Waals surface area contributed by atoms with Gasteiger partial charge in [-0.3, -0.25) is 0 Å². The molecule has 122 valence electrons. The number of nitrogens with zero attached hydrogens (tertiary/aromatic N) is 1. The number of nitrogens with one attached hydrogen (secondary N) is 1. The van der Waals surface area contributed by atoms with Crippen molar-refractivity contribution in [3.63, 3.8) is 0 Å². The topological polar surface area (TPSA) is 49.4 Å². The van der Waals surface area contributed by atoms with Crippen LogP contribution in [0.1, 0.15) is 44.6 Å². The summed E-state index contributed by atoms with van der Waals surface area (Å²) in [5.41, 5.74) is 1.05. The van der Waals surface area contributed by atoms with Gasteiger partial charge in [-0.05, 0) is 44.4 Å². The highest BCUT2D eigenvalue weighted by atomic mass is 32.2. The highest BCUT2D eigenvalue weighted by molar-refractivity contribution is 7.91. The molecule has 4 nitrogen and oxygen atoms in total. The maximum Gasteiger partial charge on any atom is 0.252 e. The molecule has 0 saturated heterocycles. The highest BCUT2D eigenvalue weighted by Gasteiger charge is 2.28. The number of hydrogen-bond donors (Lipinski definition) is 1. The standard InChI is InChI=1S/C15H28N2O2S2/c1-7-16-10-14-12(4)9-15(20-14)21(18,19)17(6)13(5)8-11(2)3/h9,11,13,16H,7-8,10H2,1-6H3. The first-order valence-corrected chi connectivity index (χ1v) is 9.73. The maximum absolute atomic E-state index is 12.7. The zero-order valence-corrected chi connectivity index (χ0v) is 15.6. The first-order valence-electron chi connectivity index (χ1n) is 7.48. The van der Waals surface area contributed by atoms with Gasteiger partial charge in [0.25, 0.3) is 10.0 Å². The van der Waals surface area contributed by atoms with Crippen molar-refractivity contribution < 1.29 is 8.42 Å². The lowest BCUT2D eigenvalue weighted by atomic mass is 10.1. The van der Waals surface area contributed by atoms with Crippen LogP contribution in [0.15, 0.2) is 10.3 Å². The third-order valence-corrected chi connectivity index (χ3v) is 7.26. The molecule has 0 aliphatic carbocycles. The summed E-state index contributed by atoms with van der Waals surface area (Å²) in [5, 5.41) is 3.25. The molecule has 0 saturated carbocycles. The summed E-state index contributed by atoms with van der Waals surface area (Å²) >= 11 is 1.38. The van der Waals surface area contributed by atoms with Crippen molar-refractivity contribution in [1.82, 2.24) is 9.62 Å². The summed E-state index contributed by atoms with van der Waals surface area (Å²) in [4.78, 5) is 1.10. The van der Waals surface area contributed by atoms with E-state index in [9.17, 15) is 8.42 Å². The van der Waals surface area contributed by atoms with E-state index in [0.29, 0.717) is 10.1 Å². The summed E-state index contributed by atoms with van der Waals surface area (Å²) < 4.78 is 27.4. The van der Waals surface area contributed by atoms with Gasteiger partial charge in [-0.2, -0.15) is 4.31 Å². The summed E-state index contributed by atoms with van der Waals surface area (Å²) in [6.07, 6.45) is 0.865. The molecule has 1 rings (SSSR count). The molecule has 21 heavy (non-hydrogen) atoms. The molecule has 0 aliphatic rings. The lowest BCUT2D eigenvalue weighted by Gasteiger charge is -2.24. The van der Waals surface area contributed by atoms with Gasteiger partial charge in [-0.15, -0.1) is 11.3 Å². The summed E-state index contributed by atoms with van der Waals surface area (Å²) in [7, 11) is -1.70. The average molecular weight is 333 g/mol. The SMILES string of the molecule is CCNCc1sc(S(=O)(=O)N(C)C(C)CC(C)C)cc1C. The minimum Gasteiger partial charge on any atom is -0.312 e. The molecule has 0 bridgehead atoms. The third-order valence-electron chi connectivity index (χ3n) is 3.60. The maximum atomic E-state index is 12.7. The molecule has 6 heteroatoms. The van der Waals surface area contributed by atoms with Crippen LogP contribution in [0.25, 0.3) is 0 Å². The largest absolute Gasteiger partial charge is 0.312 e. The van der Waals surface area contributed by atoms with E-state index >= 15 is 0 Å². The van der Waals surface area contributed by atoms with E-state index in [1.54, 1.807) is 13.1 Å². The van der Waals surface area contributed by atoms with E-state index in [1.165, 1.54) is 15.6 Å². The van der Waals surface area contributed by atoms with Crippen LogP contribution in [0, 0.1) is 12.8 Å². The molecule has 1 aromatic rings. The van der Waals surface area contributed by atoms with Crippen molar-refractivity contribution in [2.45, 2.75) is 57.8 Å². The molecular formula is C15H28N2O2S2. The molecule has 0 spiro atoms. The van der Waals surface area contributed by atoms with Crippen LogP contribution >= 0.6 is 11.3 Å². The van der Waals surface area contributed by atoms with Crippen LogP contribution in [-0.4, -0.2) is 32.4 Å². The molecule has 1 atom stereocenters. The minimum absolute atomic E-state index is 0.00891. The number of rotatable bonds is 8. The number of aryl methyl sites for hydroxylation is 1. The van der Waals surface area contributed by atoms with Gasteiger partial charge in [0.2, 0.25) is 0 Å². The Balaban J connectivity index is 2.97. The summed E-state index contributed by atoms with van der Waals surface area (Å²) in [5.74, 6) is 0.479. The van der Waals surface area contributed by atoms with Gasteiger partial charge in [-0.1, -0.05) is 20.8 Å². The monoisotopic (exact) mass is 332 g/mol. The van der Waals surface area contributed by atoms with Crippen LogP contribution in [0.4, 0.5) is 0 Å². The van der Waals surface area contributed by atoms with Crippen LogP contribution < -0.4 is 5.32 Å². The third kappa shape index (κ3) is 4.77. The van der Waals surface area contributed by atoms with Gasteiger partial charge in [-0.25, -0.2) is 8.42 Å². The summed E-state index contributed by atoms with van der Waals surface area (Å²) in [6, 6.07) is 1.81. The predicted molar refractivity (Wildman–Crippen MR) is 90.3 cm³/mol. The molecule has 0 aromatic carbocycles. The minimum atomic E-state index is -3.39. The van der Waals surface area contributed by atoms with Gasteiger partial charge < -0.3 is 5.32 Å². The van der Waals surface area contributed by atoms with Crippen molar-refractivity contribution in [3.05, 3.63) is 16.5 Å². The molecule has 0 radical (unpaired) electrons. The van der Waals surface area contributed by atoms with Gasteiger partial charge in [0.1, 0.15) is 4.21 Å². The smallest absolute Gasteiger partial charge is 0.252 e. The van der Waals surface area contributed by atoms with Crippen molar-refractivity contribution in [3.8, 4) is 0 Å². The molecule has 1 unspecified atom stereocenters. The van der Waals surface area contributed by atoms with E-state index in [2.05, 4.69) is 19.2 Å². The Bertz CT molecular complexity index is 550. The molecule has 1 heterocycles. The Hall–Kier alpha value is -0.430. The van der Waals surface area contributed by atoms with Gasteiger partial charge >= 0.3 is 0 Å². The first-order chi connectivity index (χ1) is 9.70. The lowest BCUT2D eigenvalue weighted by molar-refractivity contribution is 0.338. The Morgan fingerprint density at radius 1 is 1.33 bits per heavy atom. The van der Waals surface area contributed by atoms with Crippen molar-refractivity contribution in [2.75, 3.05) is 13.6 Å². The Morgan fingerprint density at radius 2 is 1.95 bits per heavy atom. The van der Waals surface area contributed by atoms with E-state index in [4.69, 9.17) is 0 Å². The molecular weight excluding hydrogens is 304 g/mol. The number of sulfonamides is 1. The van der Waals surface area contributed by atoms with Crippen LogP contribution in [0.5, 0.6) is 0 Å². The molecule has 1 aromatic heterocycles. The van der Waals surface area contributed by atoms with E-state index in [-0.39, 0.29) is 6.04 Å². The average Bonchev–Trinajstić information content (AvgIpc) is 2.76. The van der Waals surface area contributed by atoms with Gasteiger partial charge in [0.15, 0.2) is 0 Å². The quantitative estimate of drug-likeness (QED) is 0.795. The van der Waals surface area contributed by atoms with E-state index in [1.807, 2.05) is 20.8 Å². The Morgan fingerprint density at radius 3 is 2.48 bits per heavy atom. The van der Waals surface area contributed by atoms with Crippen molar-refractivity contribution in [1.29, 1.82) is 0 Å². The first kappa shape index (κ1) is 18.6. The van der Waals surface area contributed by atoms with Crippen LogP contribution in [0.3, 0.4) is 0 Å². The second-order valence-corrected chi connectivity index (χ2v) is 9.31. The zero-order valence-electron chi connectivity index (χ0n) is 13.9. The molecule has 1 N–H and O–H groups in total. The number of thiophene rings is 1. The van der Waals surface area contributed by atoms with E-state index in [0.717, 1.165) is 30.0 Å². The van der Waals surface area contributed by atoms with Crippen molar-refractivity contribution in [2.24, 2.45) is 5.92 Å². The molecule has 0 amide bonds. The number of hydrogen-bond acceptors (Lipinski definition) is 4. The molecule has 0 fully saturated rings. The van der Waals surface area contributed by atoms with E-state index < -0.39 is 10.0 Å². The van der Waals surface area contributed by atoms with Gasteiger partial charge in [0.05, 0.1) is 0 Å². The molecule has 0 aliphatic heterocycles. The summed E-state index contributed by atoms with van der Waals surface area (Å²) in [6.45, 7) is 11.8. The van der Waals surface area contributed by atoms with Gasteiger partial charge in [0, 0.05) is 24.5 Å². The second-order valence-electron chi connectivity index (χ2n) is 5.95. The van der Waals surface area contributed by atoms with Crippen LogP contribution in [-0.2, 0) is 16.6 Å². The fraction of sp³-hybridized carbons (Fsp3) is 0.733. The highest BCUT2D eigenvalue weighted by Crippen LogP contribution is 2.29. The normalized spacial score (nSPS) is 14.1.